The van der Waals surface area contributed by atoms with Gasteiger partial charge in [0.1, 0.15) is 0 Å². The lowest BCUT2D eigenvalue weighted by Crippen LogP contribution is -2.29. The van der Waals surface area contributed by atoms with Gasteiger partial charge in [0.15, 0.2) is 11.5 Å². The van der Waals surface area contributed by atoms with Gasteiger partial charge in [-0.1, -0.05) is 18.2 Å². The Hall–Kier alpha value is -3.15. The molecule has 0 heterocycles. The van der Waals surface area contributed by atoms with Crippen molar-refractivity contribution >= 4 is 17.7 Å². The molecule has 0 aliphatic carbocycles. The molecule has 0 fully saturated rings. The molecule has 1 amide bonds. The lowest BCUT2D eigenvalue weighted by Gasteiger charge is -2.23. The van der Waals surface area contributed by atoms with E-state index in [1.165, 1.54) is 11.8 Å². The number of ether oxygens (including phenoxy) is 3. The summed E-state index contributed by atoms with van der Waals surface area (Å²) >= 11 is 0. The first kappa shape index (κ1) is 22.1. The van der Waals surface area contributed by atoms with Crippen LogP contribution in [0.2, 0.25) is 0 Å². The number of hydrogen-bond donors (Lipinski definition) is 1. The van der Waals surface area contributed by atoms with E-state index in [4.69, 9.17) is 14.2 Å². The molecule has 0 radical (unpaired) electrons. The highest BCUT2D eigenvalue weighted by atomic mass is 16.5. The third-order valence-corrected chi connectivity index (χ3v) is 4.52. The Labute approximate surface area is 173 Å². The van der Waals surface area contributed by atoms with Crippen molar-refractivity contribution in [2.24, 2.45) is 0 Å². The lowest BCUT2D eigenvalue weighted by molar-refractivity contribution is -0.116. The Kier molecular flexibility index (Phi) is 8.89. The van der Waals surface area contributed by atoms with Crippen LogP contribution in [0.25, 0.3) is 6.08 Å². The van der Waals surface area contributed by atoms with E-state index in [-0.39, 0.29) is 5.91 Å². The number of anilines is 1. The van der Waals surface area contributed by atoms with E-state index < -0.39 is 0 Å². The van der Waals surface area contributed by atoms with Gasteiger partial charge in [-0.15, -0.1) is 0 Å². The summed E-state index contributed by atoms with van der Waals surface area (Å²) in [6.07, 6.45) is 4.10. The quantitative estimate of drug-likeness (QED) is 0.461. The summed E-state index contributed by atoms with van der Waals surface area (Å²) in [6, 6.07) is 13.9. The van der Waals surface area contributed by atoms with E-state index in [9.17, 15) is 4.79 Å². The van der Waals surface area contributed by atoms with Crippen molar-refractivity contribution in [3.8, 4) is 17.2 Å². The number of carbonyl (C=O) groups is 1. The Bertz CT molecular complexity index is 781. The molecule has 0 aliphatic rings. The molecule has 0 saturated heterocycles. The van der Waals surface area contributed by atoms with Gasteiger partial charge in [0, 0.05) is 31.4 Å². The number of amides is 1. The zero-order chi connectivity index (χ0) is 21.1. The van der Waals surface area contributed by atoms with Crippen LogP contribution in [0, 0.1) is 0 Å². The van der Waals surface area contributed by atoms with E-state index >= 15 is 0 Å². The fourth-order valence-corrected chi connectivity index (χ4v) is 3.02. The van der Waals surface area contributed by atoms with Crippen LogP contribution >= 0.6 is 0 Å². The van der Waals surface area contributed by atoms with Gasteiger partial charge in [-0.25, -0.2) is 0 Å². The van der Waals surface area contributed by atoms with Crippen molar-refractivity contribution in [1.82, 2.24) is 5.32 Å². The Balaban J connectivity index is 1.87. The summed E-state index contributed by atoms with van der Waals surface area (Å²) in [4.78, 5) is 14.4. The fourth-order valence-electron chi connectivity index (χ4n) is 3.02. The molecular weight excluding hydrogens is 368 g/mol. The van der Waals surface area contributed by atoms with Gasteiger partial charge in [0.2, 0.25) is 11.7 Å². The molecule has 6 heteroatoms. The van der Waals surface area contributed by atoms with Crippen molar-refractivity contribution < 1.29 is 19.0 Å². The maximum absolute atomic E-state index is 12.1. The third kappa shape index (κ3) is 6.45. The summed E-state index contributed by atoms with van der Waals surface area (Å²) in [7, 11) is 4.68. The third-order valence-electron chi connectivity index (χ3n) is 4.52. The van der Waals surface area contributed by atoms with Gasteiger partial charge >= 0.3 is 0 Å². The first-order valence-electron chi connectivity index (χ1n) is 9.68. The maximum Gasteiger partial charge on any atom is 0.244 e. The lowest BCUT2D eigenvalue weighted by atomic mass is 10.1. The molecule has 0 bridgehead atoms. The van der Waals surface area contributed by atoms with Crippen LogP contribution in [-0.2, 0) is 4.79 Å². The predicted molar refractivity (Wildman–Crippen MR) is 117 cm³/mol. The molecule has 0 aromatic heterocycles. The molecule has 2 aromatic rings. The zero-order valence-corrected chi connectivity index (χ0v) is 17.6. The minimum atomic E-state index is -0.137. The number of nitrogens with zero attached hydrogens (tertiary/aromatic N) is 1. The van der Waals surface area contributed by atoms with Gasteiger partial charge in [-0.3, -0.25) is 4.79 Å². The molecule has 0 spiro atoms. The van der Waals surface area contributed by atoms with Gasteiger partial charge in [-0.2, -0.15) is 0 Å². The van der Waals surface area contributed by atoms with Crippen LogP contribution < -0.4 is 24.4 Å². The minimum absolute atomic E-state index is 0.137. The van der Waals surface area contributed by atoms with Crippen LogP contribution in [0.15, 0.2) is 48.5 Å². The Morgan fingerprint density at radius 3 is 2.24 bits per heavy atom. The molecule has 0 saturated carbocycles. The number of methoxy groups -OCH3 is 3. The number of para-hydroxylation sites is 1. The van der Waals surface area contributed by atoms with Crippen molar-refractivity contribution in [3.05, 3.63) is 54.1 Å². The molecule has 0 unspecified atom stereocenters. The second-order valence-electron chi connectivity index (χ2n) is 6.35. The van der Waals surface area contributed by atoms with E-state index in [0.29, 0.717) is 23.8 Å². The second-order valence-corrected chi connectivity index (χ2v) is 6.35. The van der Waals surface area contributed by atoms with Crippen molar-refractivity contribution in [3.63, 3.8) is 0 Å². The smallest absolute Gasteiger partial charge is 0.244 e. The highest BCUT2D eigenvalue weighted by molar-refractivity contribution is 5.91. The maximum atomic E-state index is 12.1. The van der Waals surface area contributed by atoms with Crippen LogP contribution in [0.1, 0.15) is 18.9 Å². The normalized spacial score (nSPS) is 10.6. The van der Waals surface area contributed by atoms with E-state index in [0.717, 1.165) is 25.1 Å². The Morgan fingerprint density at radius 1 is 1.03 bits per heavy atom. The number of rotatable bonds is 11. The predicted octanol–water partition coefficient (Wildman–Crippen LogP) is 3.76. The van der Waals surface area contributed by atoms with Gasteiger partial charge < -0.3 is 24.4 Å². The summed E-state index contributed by atoms with van der Waals surface area (Å²) in [5.41, 5.74) is 1.99. The number of benzene rings is 2. The average molecular weight is 399 g/mol. The molecule has 1 N–H and O–H groups in total. The number of hydrogen-bond acceptors (Lipinski definition) is 5. The van der Waals surface area contributed by atoms with Crippen molar-refractivity contribution in [2.45, 2.75) is 13.3 Å². The first-order valence-corrected chi connectivity index (χ1v) is 9.68. The molecule has 29 heavy (non-hydrogen) atoms. The van der Waals surface area contributed by atoms with Crippen LogP contribution in [0.4, 0.5) is 5.69 Å². The highest BCUT2D eigenvalue weighted by Crippen LogP contribution is 2.38. The van der Waals surface area contributed by atoms with Gasteiger partial charge in [-0.05, 0) is 49.2 Å². The first-order chi connectivity index (χ1) is 14.1. The van der Waals surface area contributed by atoms with Crippen molar-refractivity contribution in [1.29, 1.82) is 0 Å². The summed E-state index contributed by atoms with van der Waals surface area (Å²) in [5.74, 6) is 1.48. The number of nitrogens with one attached hydrogen (secondary N) is 1. The van der Waals surface area contributed by atoms with E-state index in [2.05, 4.69) is 29.3 Å². The van der Waals surface area contributed by atoms with Gasteiger partial charge in [0.05, 0.1) is 21.3 Å². The molecule has 2 aromatic carbocycles. The van der Waals surface area contributed by atoms with E-state index in [1.54, 1.807) is 39.5 Å². The summed E-state index contributed by atoms with van der Waals surface area (Å²) in [6.45, 7) is 4.56. The minimum Gasteiger partial charge on any atom is -0.493 e. The van der Waals surface area contributed by atoms with Gasteiger partial charge in [0.25, 0.3) is 0 Å². The van der Waals surface area contributed by atoms with Crippen LogP contribution in [-0.4, -0.2) is 46.9 Å². The number of carbonyl (C=O) groups excluding carboxylic acids is 1. The summed E-state index contributed by atoms with van der Waals surface area (Å²) < 4.78 is 16.0. The van der Waals surface area contributed by atoms with Crippen LogP contribution in [0.3, 0.4) is 0 Å². The molecule has 2 rings (SSSR count). The van der Waals surface area contributed by atoms with Crippen LogP contribution in [0.5, 0.6) is 17.2 Å². The summed E-state index contributed by atoms with van der Waals surface area (Å²) in [5, 5.41) is 2.92. The molecule has 6 nitrogen and oxygen atoms in total. The molecule has 0 aliphatic heterocycles. The largest absolute Gasteiger partial charge is 0.493 e. The monoisotopic (exact) mass is 398 g/mol. The SMILES string of the molecule is CCN(CCCNC(=O)/C=C/c1cc(OC)c(OC)c(OC)c1)c1ccccc1. The van der Waals surface area contributed by atoms with E-state index in [1.807, 2.05) is 18.2 Å². The highest BCUT2D eigenvalue weighted by Gasteiger charge is 2.12. The van der Waals surface area contributed by atoms with Crippen molar-refractivity contribution in [2.75, 3.05) is 45.9 Å². The molecule has 0 atom stereocenters. The molecule has 156 valence electrons. The topological polar surface area (TPSA) is 60.0 Å². The average Bonchev–Trinajstić information content (AvgIpc) is 2.77. The standard InChI is InChI=1S/C23H30N2O4/c1-5-25(19-10-7-6-8-11-19)15-9-14-24-22(26)13-12-18-16-20(27-2)23(29-4)21(17-18)28-3/h6-8,10-13,16-17H,5,9,14-15H2,1-4H3,(H,24,26)/b13-12+. The molecular formula is C23H30N2O4. The fraction of sp³-hybridized carbons (Fsp3) is 0.348. The zero-order valence-electron chi connectivity index (χ0n) is 17.6. The Morgan fingerprint density at radius 2 is 1.69 bits per heavy atom. The second kappa shape index (κ2) is 11.6.